The van der Waals surface area contributed by atoms with Gasteiger partial charge < -0.3 is 16.4 Å². The SMILES string of the molecule is CCCC(N)C(=O)N(c1ccccn1)c1ccc(N(C)C)cc1N.Cl. The van der Waals surface area contributed by atoms with E-state index in [0.29, 0.717) is 23.6 Å². The van der Waals surface area contributed by atoms with Crippen molar-refractivity contribution in [2.24, 2.45) is 5.73 Å². The van der Waals surface area contributed by atoms with Gasteiger partial charge in [0.25, 0.3) is 0 Å². The van der Waals surface area contributed by atoms with Crippen LogP contribution in [0.5, 0.6) is 0 Å². The topological polar surface area (TPSA) is 88.5 Å². The van der Waals surface area contributed by atoms with Gasteiger partial charge in [-0.05, 0) is 36.8 Å². The van der Waals surface area contributed by atoms with Gasteiger partial charge in [0.1, 0.15) is 5.82 Å². The fourth-order valence-corrected chi connectivity index (χ4v) is 2.47. The van der Waals surface area contributed by atoms with Gasteiger partial charge in [-0.25, -0.2) is 4.98 Å². The third-order valence-corrected chi connectivity index (χ3v) is 3.78. The highest BCUT2D eigenvalue weighted by Gasteiger charge is 2.26. The quantitative estimate of drug-likeness (QED) is 0.770. The van der Waals surface area contributed by atoms with Gasteiger partial charge in [-0.15, -0.1) is 12.4 Å². The standard InChI is InChI=1S/C18H25N5O.ClH/c1-4-7-14(19)18(24)23(17-8-5-6-11-21-17)16-10-9-13(22(2)3)12-15(16)20;/h5-6,8-12,14H,4,7,19-20H2,1-3H3;1H. The van der Waals surface area contributed by atoms with Crippen LogP contribution < -0.4 is 21.3 Å². The summed E-state index contributed by atoms with van der Waals surface area (Å²) in [5, 5.41) is 0. The number of anilines is 4. The second-order valence-corrected chi connectivity index (χ2v) is 5.89. The second kappa shape index (κ2) is 9.25. The summed E-state index contributed by atoms with van der Waals surface area (Å²) in [5.41, 5.74) is 14.3. The molecule has 1 unspecified atom stereocenters. The molecule has 1 atom stereocenters. The molecule has 0 saturated heterocycles. The number of nitrogen functional groups attached to an aromatic ring is 1. The first-order chi connectivity index (χ1) is 11.5. The Kier molecular flexibility index (Phi) is 7.67. The van der Waals surface area contributed by atoms with Crippen LogP contribution in [0.1, 0.15) is 19.8 Å². The van der Waals surface area contributed by atoms with E-state index in [9.17, 15) is 4.79 Å². The summed E-state index contributed by atoms with van der Waals surface area (Å²) in [6.07, 6.45) is 3.08. The van der Waals surface area contributed by atoms with Crippen LogP contribution in [-0.2, 0) is 4.79 Å². The van der Waals surface area contributed by atoms with E-state index in [1.54, 1.807) is 18.3 Å². The normalized spacial score (nSPS) is 11.4. The minimum atomic E-state index is -0.593. The summed E-state index contributed by atoms with van der Waals surface area (Å²) in [6.45, 7) is 2.00. The molecule has 0 bridgehead atoms. The molecule has 7 heteroatoms. The number of pyridine rings is 1. The fourth-order valence-electron chi connectivity index (χ4n) is 2.47. The van der Waals surface area contributed by atoms with Crippen LogP contribution >= 0.6 is 12.4 Å². The summed E-state index contributed by atoms with van der Waals surface area (Å²) in [4.78, 5) is 20.7. The summed E-state index contributed by atoms with van der Waals surface area (Å²) in [5.74, 6) is 0.304. The van der Waals surface area contributed by atoms with E-state index < -0.39 is 6.04 Å². The molecule has 25 heavy (non-hydrogen) atoms. The number of hydrogen-bond acceptors (Lipinski definition) is 5. The zero-order chi connectivity index (χ0) is 17.7. The van der Waals surface area contributed by atoms with Gasteiger partial charge in [-0.1, -0.05) is 19.4 Å². The summed E-state index contributed by atoms with van der Waals surface area (Å²) in [6, 6.07) is 10.4. The highest BCUT2D eigenvalue weighted by molar-refractivity contribution is 6.05. The molecule has 1 heterocycles. The Labute approximate surface area is 155 Å². The van der Waals surface area contributed by atoms with Gasteiger partial charge in [-0.3, -0.25) is 9.69 Å². The number of aromatic nitrogens is 1. The number of hydrogen-bond donors (Lipinski definition) is 2. The van der Waals surface area contributed by atoms with Gasteiger partial charge in [0.05, 0.1) is 17.4 Å². The van der Waals surface area contributed by atoms with Crippen molar-refractivity contribution in [3.8, 4) is 0 Å². The Balaban J connectivity index is 0.00000312. The lowest BCUT2D eigenvalue weighted by molar-refractivity contribution is -0.119. The third kappa shape index (κ3) is 4.84. The lowest BCUT2D eigenvalue weighted by atomic mass is 10.1. The monoisotopic (exact) mass is 363 g/mol. The second-order valence-electron chi connectivity index (χ2n) is 5.89. The maximum Gasteiger partial charge on any atom is 0.249 e. The van der Waals surface area contributed by atoms with E-state index in [4.69, 9.17) is 11.5 Å². The van der Waals surface area contributed by atoms with E-state index in [2.05, 4.69) is 4.98 Å². The fraction of sp³-hybridized carbons (Fsp3) is 0.333. The number of carbonyl (C=O) groups is 1. The van der Waals surface area contributed by atoms with Crippen molar-refractivity contribution in [2.75, 3.05) is 29.6 Å². The Morgan fingerprint density at radius 1 is 1.24 bits per heavy atom. The maximum atomic E-state index is 12.9. The number of nitrogens with two attached hydrogens (primary N) is 2. The summed E-state index contributed by atoms with van der Waals surface area (Å²) < 4.78 is 0. The molecular weight excluding hydrogens is 338 g/mol. The molecule has 0 radical (unpaired) electrons. The molecule has 4 N–H and O–H groups in total. The Hall–Kier alpha value is -2.31. The minimum Gasteiger partial charge on any atom is -0.397 e. The first-order valence-corrected chi connectivity index (χ1v) is 8.03. The molecule has 0 aliphatic heterocycles. The predicted molar refractivity (Wildman–Crippen MR) is 107 cm³/mol. The van der Waals surface area contributed by atoms with Crippen molar-refractivity contribution in [1.29, 1.82) is 0 Å². The Bertz CT molecular complexity index is 693. The molecule has 1 aromatic heterocycles. The van der Waals surface area contributed by atoms with Crippen LogP contribution in [0, 0.1) is 0 Å². The van der Waals surface area contributed by atoms with E-state index in [1.807, 2.05) is 50.2 Å². The zero-order valence-corrected chi connectivity index (χ0v) is 15.7. The first-order valence-electron chi connectivity index (χ1n) is 8.03. The number of benzene rings is 1. The highest BCUT2D eigenvalue weighted by atomic mass is 35.5. The predicted octanol–water partition coefficient (Wildman–Crippen LogP) is 2.94. The minimum absolute atomic E-state index is 0. The van der Waals surface area contributed by atoms with Crippen LogP contribution in [0.25, 0.3) is 0 Å². The Morgan fingerprint density at radius 2 is 1.96 bits per heavy atom. The number of amides is 1. The van der Waals surface area contributed by atoms with Crippen LogP contribution in [-0.4, -0.2) is 31.0 Å². The molecule has 1 amide bonds. The van der Waals surface area contributed by atoms with Crippen LogP contribution in [0.15, 0.2) is 42.6 Å². The largest absolute Gasteiger partial charge is 0.397 e. The molecule has 0 spiro atoms. The average molecular weight is 364 g/mol. The molecule has 0 saturated carbocycles. The van der Waals surface area contributed by atoms with Gasteiger partial charge in [0.15, 0.2) is 0 Å². The number of nitrogens with zero attached hydrogens (tertiary/aromatic N) is 3. The maximum absolute atomic E-state index is 12.9. The zero-order valence-electron chi connectivity index (χ0n) is 14.8. The molecule has 0 aliphatic rings. The smallest absolute Gasteiger partial charge is 0.249 e. The van der Waals surface area contributed by atoms with Crippen molar-refractivity contribution >= 4 is 41.2 Å². The van der Waals surface area contributed by atoms with Crippen molar-refractivity contribution in [3.05, 3.63) is 42.6 Å². The summed E-state index contributed by atoms with van der Waals surface area (Å²) in [7, 11) is 3.88. The lowest BCUT2D eigenvalue weighted by Gasteiger charge is -2.27. The molecule has 136 valence electrons. The first kappa shape index (κ1) is 20.7. The molecular formula is C18H26ClN5O. The van der Waals surface area contributed by atoms with Gasteiger partial charge in [-0.2, -0.15) is 0 Å². The molecule has 0 fully saturated rings. The van der Waals surface area contributed by atoms with Gasteiger partial charge in [0.2, 0.25) is 5.91 Å². The highest BCUT2D eigenvalue weighted by Crippen LogP contribution is 2.32. The third-order valence-electron chi connectivity index (χ3n) is 3.78. The van der Waals surface area contributed by atoms with Crippen LogP contribution in [0.4, 0.5) is 22.9 Å². The number of rotatable bonds is 6. The van der Waals surface area contributed by atoms with Gasteiger partial charge >= 0.3 is 0 Å². The number of carbonyl (C=O) groups excluding carboxylic acids is 1. The molecule has 2 rings (SSSR count). The van der Waals surface area contributed by atoms with Gasteiger partial charge in [0, 0.05) is 26.0 Å². The Morgan fingerprint density at radius 3 is 2.48 bits per heavy atom. The average Bonchev–Trinajstić information content (AvgIpc) is 2.57. The van der Waals surface area contributed by atoms with Crippen LogP contribution in [0.3, 0.4) is 0 Å². The molecule has 2 aromatic rings. The van der Waals surface area contributed by atoms with E-state index in [1.165, 1.54) is 4.90 Å². The van der Waals surface area contributed by atoms with Crippen molar-refractivity contribution < 1.29 is 4.79 Å². The van der Waals surface area contributed by atoms with E-state index >= 15 is 0 Å². The summed E-state index contributed by atoms with van der Waals surface area (Å²) >= 11 is 0. The van der Waals surface area contributed by atoms with E-state index in [0.717, 1.165) is 12.1 Å². The molecule has 1 aromatic carbocycles. The molecule has 6 nitrogen and oxygen atoms in total. The number of halogens is 1. The van der Waals surface area contributed by atoms with Crippen molar-refractivity contribution in [1.82, 2.24) is 4.98 Å². The van der Waals surface area contributed by atoms with Crippen molar-refractivity contribution in [3.63, 3.8) is 0 Å². The van der Waals surface area contributed by atoms with Crippen molar-refractivity contribution in [2.45, 2.75) is 25.8 Å². The van der Waals surface area contributed by atoms with E-state index in [-0.39, 0.29) is 18.3 Å². The van der Waals surface area contributed by atoms with Crippen LogP contribution in [0.2, 0.25) is 0 Å². The lowest BCUT2D eigenvalue weighted by Crippen LogP contribution is -2.42. The molecule has 0 aliphatic carbocycles.